The van der Waals surface area contributed by atoms with Crippen LogP contribution in [0.3, 0.4) is 0 Å². The average Bonchev–Trinajstić information content (AvgIpc) is 2.86. The molecule has 3 rings (SSSR count). The van der Waals surface area contributed by atoms with Crippen LogP contribution in [-0.2, 0) is 0 Å². The minimum atomic E-state index is -0.384. The van der Waals surface area contributed by atoms with Crippen LogP contribution in [-0.4, -0.2) is 102 Å². The molecule has 2 aliphatic rings. The number of hydrogen-bond acceptors (Lipinski definition) is 6. The summed E-state index contributed by atoms with van der Waals surface area (Å²) < 4.78 is 6.29. The molecule has 9 heteroatoms. The second-order valence-corrected chi connectivity index (χ2v) is 10.4. The minimum Gasteiger partial charge on any atom is -0.472 e. The molecule has 1 aliphatic heterocycles. The standard InChI is InChI=1S/C27H41N5O4/c1-19-16-32(20(2)18-33)26(34)23-14-21(10-9-13-30(3)4)15-28-25(23)36-24(19)17-31(5)27(35)29-22-11-7-6-8-12-22/h14-15,19-20,22,24,33H,6-8,11-13,16-18H2,1-5H3,(H,29,35)/t19-,20-,24+/m1/s1. The molecule has 0 unspecified atom stereocenters. The highest BCUT2D eigenvalue weighted by atomic mass is 16.5. The van der Waals surface area contributed by atoms with Crippen molar-refractivity contribution < 1.29 is 19.4 Å². The number of fused-ring (bicyclic) bond motifs is 1. The normalized spacial score (nSPS) is 21.4. The number of amides is 3. The lowest BCUT2D eigenvalue weighted by molar-refractivity contribution is 0.0351. The summed E-state index contributed by atoms with van der Waals surface area (Å²) in [4.78, 5) is 36.1. The van der Waals surface area contributed by atoms with Gasteiger partial charge in [0.05, 0.1) is 25.7 Å². The van der Waals surface area contributed by atoms with E-state index in [1.807, 2.05) is 32.8 Å². The molecule has 2 heterocycles. The number of nitrogens with zero attached hydrogens (tertiary/aromatic N) is 4. The van der Waals surface area contributed by atoms with E-state index in [-0.39, 0.29) is 48.5 Å². The molecule has 0 aromatic carbocycles. The van der Waals surface area contributed by atoms with Crippen LogP contribution in [0.15, 0.2) is 12.3 Å². The molecule has 2 N–H and O–H groups in total. The summed E-state index contributed by atoms with van der Waals surface area (Å²) in [5, 5.41) is 13.0. The van der Waals surface area contributed by atoms with Crippen molar-refractivity contribution in [2.75, 3.05) is 47.4 Å². The fraction of sp³-hybridized carbons (Fsp3) is 0.667. The molecule has 0 bridgehead atoms. The summed E-state index contributed by atoms with van der Waals surface area (Å²) in [7, 11) is 5.64. The molecule has 1 fully saturated rings. The van der Waals surface area contributed by atoms with E-state index in [1.54, 1.807) is 29.1 Å². The third-order valence-electron chi connectivity index (χ3n) is 6.88. The monoisotopic (exact) mass is 499 g/mol. The number of ether oxygens (including phenoxy) is 1. The Morgan fingerprint density at radius 2 is 2.03 bits per heavy atom. The molecule has 0 spiro atoms. The van der Waals surface area contributed by atoms with Gasteiger partial charge in [-0.25, -0.2) is 9.78 Å². The highest BCUT2D eigenvalue weighted by Gasteiger charge is 2.35. The zero-order valence-corrected chi connectivity index (χ0v) is 22.3. The summed E-state index contributed by atoms with van der Waals surface area (Å²) >= 11 is 0. The van der Waals surface area contributed by atoms with Crippen LogP contribution in [0.25, 0.3) is 0 Å². The van der Waals surface area contributed by atoms with Gasteiger partial charge < -0.3 is 25.0 Å². The highest BCUT2D eigenvalue weighted by molar-refractivity contribution is 5.97. The molecule has 3 amide bonds. The van der Waals surface area contributed by atoms with E-state index in [4.69, 9.17) is 4.74 Å². The van der Waals surface area contributed by atoms with Gasteiger partial charge in [-0.05, 0) is 39.9 Å². The number of carbonyl (C=O) groups is 2. The van der Waals surface area contributed by atoms with Gasteiger partial charge in [0.25, 0.3) is 5.91 Å². The first-order chi connectivity index (χ1) is 17.2. The smallest absolute Gasteiger partial charge is 0.317 e. The predicted octanol–water partition coefficient (Wildman–Crippen LogP) is 2.19. The van der Waals surface area contributed by atoms with Gasteiger partial charge in [0, 0.05) is 37.3 Å². The third kappa shape index (κ3) is 7.34. The van der Waals surface area contributed by atoms with Crippen LogP contribution >= 0.6 is 0 Å². The summed E-state index contributed by atoms with van der Waals surface area (Å²) in [6.45, 7) is 4.98. The number of nitrogens with one attached hydrogen (secondary N) is 1. The number of urea groups is 1. The number of aromatic nitrogens is 1. The molecule has 198 valence electrons. The number of rotatable bonds is 6. The van der Waals surface area contributed by atoms with E-state index in [2.05, 4.69) is 22.1 Å². The van der Waals surface area contributed by atoms with Crippen molar-refractivity contribution in [2.45, 2.75) is 64.1 Å². The SMILES string of the molecule is C[C@@H]1CN([C@H](C)CO)C(=O)c2cc(C#CCN(C)C)cnc2O[C@H]1CN(C)C(=O)NC1CCCCC1. The molecule has 0 saturated heterocycles. The minimum absolute atomic E-state index is 0.0950. The third-order valence-corrected chi connectivity index (χ3v) is 6.88. The molecular formula is C27H41N5O4. The summed E-state index contributed by atoms with van der Waals surface area (Å²) in [6, 6.07) is 1.44. The summed E-state index contributed by atoms with van der Waals surface area (Å²) in [5.74, 6) is 6.00. The van der Waals surface area contributed by atoms with Crippen LogP contribution in [0.2, 0.25) is 0 Å². The zero-order valence-electron chi connectivity index (χ0n) is 22.3. The van der Waals surface area contributed by atoms with Crippen molar-refractivity contribution in [3.05, 3.63) is 23.4 Å². The molecular weight excluding hydrogens is 458 g/mol. The topological polar surface area (TPSA) is 98.2 Å². The van der Waals surface area contributed by atoms with Gasteiger partial charge in [-0.15, -0.1) is 0 Å². The van der Waals surface area contributed by atoms with Crippen molar-refractivity contribution in [3.63, 3.8) is 0 Å². The average molecular weight is 500 g/mol. The second kappa shape index (κ2) is 12.9. The molecule has 1 saturated carbocycles. The first-order valence-electron chi connectivity index (χ1n) is 12.9. The van der Waals surface area contributed by atoms with E-state index in [9.17, 15) is 14.7 Å². The van der Waals surface area contributed by atoms with Crippen LogP contribution in [0.5, 0.6) is 5.88 Å². The van der Waals surface area contributed by atoms with E-state index >= 15 is 0 Å². The predicted molar refractivity (Wildman–Crippen MR) is 139 cm³/mol. The molecule has 3 atom stereocenters. The van der Waals surface area contributed by atoms with E-state index in [1.165, 1.54) is 6.42 Å². The fourth-order valence-electron chi connectivity index (χ4n) is 4.57. The number of aliphatic hydroxyl groups excluding tert-OH is 1. The van der Waals surface area contributed by atoms with Crippen molar-refractivity contribution in [2.24, 2.45) is 5.92 Å². The Morgan fingerprint density at radius 3 is 2.69 bits per heavy atom. The van der Waals surface area contributed by atoms with Gasteiger partial charge in [0.2, 0.25) is 5.88 Å². The first-order valence-corrected chi connectivity index (χ1v) is 12.9. The maximum absolute atomic E-state index is 13.5. The molecule has 36 heavy (non-hydrogen) atoms. The number of hydrogen-bond donors (Lipinski definition) is 2. The maximum atomic E-state index is 13.5. The fourth-order valence-corrected chi connectivity index (χ4v) is 4.57. The zero-order chi connectivity index (χ0) is 26.2. The number of likely N-dealkylation sites (N-methyl/N-ethyl adjacent to an activating group) is 1. The first kappa shape index (κ1) is 27.8. The van der Waals surface area contributed by atoms with Gasteiger partial charge in [-0.2, -0.15) is 0 Å². The van der Waals surface area contributed by atoms with Crippen LogP contribution in [0, 0.1) is 17.8 Å². The Hall–Kier alpha value is -2.83. The lowest BCUT2D eigenvalue weighted by Crippen LogP contribution is -2.52. The van der Waals surface area contributed by atoms with E-state index < -0.39 is 0 Å². The van der Waals surface area contributed by atoms with Crippen LogP contribution < -0.4 is 10.1 Å². The van der Waals surface area contributed by atoms with Crippen LogP contribution in [0.1, 0.15) is 61.9 Å². The number of carbonyl (C=O) groups excluding carboxylic acids is 2. The Morgan fingerprint density at radius 1 is 1.31 bits per heavy atom. The highest BCUT2D eigenvalue weighted by Crippen LogP contribution is 2.27. The van der Waals surface area contributed by atoms with E-state index in [0.717, 1.165) is 25.7 Å². The Balaban J connectivity index is 1.83. The van der Waals surface area contributed by atoms with Crippen molar-refractivity contribution in [1.29, 1.82) is 0 Å². The van der Waals surface area contributed by atoms with Gasteiger partial charge in [0.1, 0.15) is 11.7 Å². The number of pyridine rings is 1. The molecule has 9 nitrogen and oxygen atoms in total. The van der Waals surface area contributed by atoms with Crippen LogP contribution in [0.4, 0.5) is 4.79 Å². The van der Waals surface area contributed by atoms with Gasteiger partial charge in [-0.3, -0.25) is 9.69 Å². The Kier molecular flexibility index (Phi) is 9.97. The second-order valence-electron chi connectivity index (χ2n) is 10.4. The van der Waals surface area contributed by atoms with Gasteiger partial charge in [-0.1, -0.05) is 38.0 Å². The van der Waals surface area contributed by atoms with E-state index in [0.29, 0.717) is 30.8 Å². The Labute approximate surface area is 215 Å². The quantitative estimate of drug-likeness (QED) is 0.583. The molecule has 1 aliphatic carbocycles. The molecule has 1 aromatic heterocycles. The lowest BCUT2D eigenvalue weighted by Gasteiger charge is -2.38. The summed E-state index contributed by atoms with van der Waals surface area (Å²) in [6.07, 6.45) is 6.78. The van der Waals surface area contributed by atoms with Gasteiger partial charge >= 0.3 is 6.03 Å². The molecule has 0 radical (unpaired) electrons. The lowest BCUT2D eigenvalue weighted by atomic mass is 9.96. The Bertz CT molecular complexity index is 967. The molecule has 1 aromatic rings. The number of aliphatic hydroxyl groups is 1. The van der Waals surface area contributed by atoms with Crippen molar-refractivity contribution in [3.8, 4) is 17.7 Å². The van der Waals surface area contributed by atoms with Crippen molar-refractivity contribution in [1.82, 2.24) is 25.0 Å². The maximum Gasteiger partial charge on any atom is 0.317 e. The van der Waals surface area contributed by atoms with Crippen molar-refractivity contribution >= 4 is 11.9 Å². The van der Waals surface area contributed by atoms with Gasteiger partial charge in [0.15, 0.2) is 0 Å². The summed E-state index contributed by atoms with van der Waals surface area (Å²) in [5.41, 5.74) is 0.941. The largest absolute Gasteiger partial charge is 0.472 e.